The van der Waals surface area contributed by atoms with Crippen LogP contribution in [0, 0.1) is 13.8 Å². The molecule has 20 heavy (non-hydrogen) atoms. The number of aromatic nitrogens is 1. The summed E-state index contributed by atoms with van der Waals surface area (Å²) in [7, 11) is 0. The van der Waals surface area contributed by atoms with Crippen LogP contribution < -0.4 is 11.1 Å². The number of anilines is 1. The molecule has 1 amide bonds. The van der Waals surface area contributed by atoms with Gasteiger partial charge in [-0.1, -0.05) is 30.3 Å². The fraction of sp³-hybridized carbons (Fsp3) is 0.250. The number of nitrogens with two attached hydrogens (primary N) is 1. The first-order chi connectivity index (χ1) is 9.56. The molecule has 1 heterocycles. The third kappa shape index (κ3) is 3.65. The van der Waals surface area contributed by atoms with Crippen LogP contribution in [0.1, 0.15) is 17.0 Å². The average Bonchev–Trinajstić information content (AvgIpc) is 2.43. The molecule has 0 aliphatic rings. The Kier molecular flexibility index (Phi) is 4.48. The maximum Gasteiger partial charge on any atom is 0.241 e. The van der Waals surface area contributed by atoms with E-state index in [-0.39, 0.29) is 5.91 Å². The molecule has 2 rings (SSSR count). The first-order valence-electron chi connectivity index (χ1n) is 6.61. The topological polar surface area (TPSA) is 68.0 Å². The molecule has 0 bridgehead atoms. The largest absolute Gasteiger partial charge is 0.323 e. The number of nitrogens with one attached hydrogen (secondary N) is 1. The van der Waals surface area contributed by atoms with Crippen molar-refractivity contribution in [1.82, 2.24) is 4.98 Å². The zero-order chi connectivity index (χ0) is 14.5. The standard InChI is InChI=1S/C16H19N3O/c1-11-8-9-15(12(2)18-11)19-16(20)14(17)10-13-6-4-3-5-7-13/h3-9,14H,10,17H2,1-2H3,(H,19,20)/t14-/m1/s1. The minimum atomic E-state index is -0.571. The van der Waals surface area contributed by atoms with Gasteiger partial charge in [0.15, 0.2) is 0 Å². The lowest BCUT2D eigenvalue weighted by Gasteiger charge is -2.13. The van der Waals surface area contributed by atoms with Gasteiger partial charge in [0.05, 0.1) is 17.4 Å². The van der Waals surface area contributed by atoms with Crippen molar-refractivity contribution < 1.29 is 4.79 Å². The van der Waals surface area contributed by atoms with Gasteiger partial charge in [-0.15, -0.1) is 0 Å². The summed E-state index contributed by atoms with van der Waals surface area (Å²) >= 11 is 0. The van der Waals surface area contributed by atoms with Crippen molar-refractivity contribution >= 4 is 11.6 Å². The van der Waals surface area contributed by atoms with Crippen LogP contribution in [0.15, 0.2) is 42.5 Å². The van der Waals surface area contributed by atoms with Crippen molar-refractivity contribution in [2.24, 2.45) is 5.73 Å². The van der Waals surface area contributed by atoms with E-state index in [2.05, 4.69) is 10.3 Å². The second-order valence-electron chi connectivity index (χ2n) is 4.87. The highest BCUT2D eigenvalue weighted by Gasteiger charge is 2.15. The maximum absolute atomic E-state index is 12.1. The van der Waals surface area contributed by atoms with Crippen LogP contribution in [0.3, 0.4) is 0 Å². The Balaban J connectivity index is 2.01. The first kappa shape index (κ1) is 14.2. The van der Waals surface area contributed by atoms with Crippen LogP contribution in [0.25, 0.3) is 0 Å². The molecule has 2 aromatic rings. The minimum absolute atomic E-state index is 0.192. The predicted molar refractivity (Wildman–Crippen MR) is 80.5 cm³/mol. The third-order valence-corrected chi connectivity index (χ3v) is 3.12. The highest BCUT2D eigenvalue weighted by atomic mass is 16.2. The molecule has 0 aliphatic carbocycles. The summed E-state index contributed by atoms with van der Waals surface area (Å²) in [5.41, 5.74) is 9.43. The number of carbonyl (C=O) groups excluding carboxylic acids is 1. The zero-order valence-electron chi connectivity index (χ0n) is 11.8. The van der Waals surface area contributed by atoms with Crippen molar-refractivity contribution in [3.63, 3.8) is 0 Å². The number of hydrogen-bond donors (Lipinski definition) is 2. The predicted octanol–water partition coefficient (Wildman–Crippen LogP) is 2.21. The van der Waals surface area contributed by atoms with Crippen LogP contribution in [-0.2, 0) is 11.2 Å². The molecule has 104 valence electrons. The van der Waals surface area contributed by atoms with Crippen molar-refractivity contribution in [2.45, 2.75) is 26.3 Å². The number of carbonyl (C=O) groups is 1. The maximum atomic E-state index is 12.1. The zero-order valence-corrected chi connectivity index (χ0v) is 11.8. The lowest BCUT2D eigenvalue weighted by molar-refractivity contribution is -0.117. The van der Waals surface area contributed by atoms with E-state index in [1.807, 2.05) is 56.3 Å². The molecular formula is C16H19N3O. The number of nitrogens with zero attached hydrogens (tertiary/aromatic N) is 1. The Morgan fingerprint density at radius 2 is 1.90 bits per heavy atom. The van der Waals surface area contributed by atoms with Crippen molar-refractivity contribution in [2.75, 3.05) is 5.32 Å². The Hall–Kier alpha value is -2.20. The van der Waals surface area contributed by atoms with Gasteiger partial charge in [0.25, 0.3) is 0 Å². The lowest BCUT2D eigenvalue weighted by atomic mass is 10.1. The Morgan fingerprint density at radius 1 is 1.20 bits per heavy atom. The van der Waals surface area contributed by atoms with E-state index in [0.717, 1.165) is 17.0 Å². The van der Waals surface area contributed by atoms with Crippen molar-refractivity contribution in [3.8, 4) is 0 Å². The van der Waals surface area contributed by atoms with Gasteiger partial charge in [0, 0.05) is 5.69 Å². The summed E-state index contributed by atoms with van der Waals surface area (Å²) in [6.45, 7) is 3.78. The lowest BCUT2D eigenvalue weighted by Crippen LogP contribution is -2.37. The average molecular weight is 269 g/mol. The quantitative estimate of drug-likeness (QED) is 0.894. The first-order valence-corrected chi connectivity index (χ1v) is 6.61. The van der Waals surface area contributed by atoms with Gasteiger partial charge in [0.1, 0.15) is 0 Å². The normalized spacial score (nSPS) is 11.9. The molecule has 3 N–H and O–H groups in total. The number of benzene rings is 1. The monoisotopic (exact) mass is 269 g/mol. The van der Waals surface area contributed by atoms with Crippen LogP contribution >= 0.6 is 0 Å². The highest BCUT2D eigenvalue weighted by Crippen LogP contribution is 2.13. The number of hydrogen-bond acceptors (Lipinski definition) is 3. The van der Waals surface area contributed by atoms with E-state index in [1.54, 1.807) is 0 Å². The van der Waals surface area contributed by atoms with E-state index < -0.39 is 6.04 Å². The van der Waals surface area contributed by atoms with E-state index in [1.165, 1.54) is 0 Å². The molecule has 0 fully saturated rings. The number of pyridine rings is 1. The molecule has 0 unspecified atom stereocenters. The van der Waals surface area contributed by atoms with Gasteiger partial charge in [0.2, 0.25) is 5.91 Å². The fourth-order valence-corrected chi connectivity index (χ4v) is 2.00. The molecule has 4 heteroatoms. The number of aryl methyl sites for hydroxylation is 2. The van der Waals surface area contributed by atoms with E-state index >= 15 is 0 Å². The Morgan fingerprint density at radius 3 is 2.55 bits per heavy atom. The molecule has 1 atom stereocenters. The molecule has 4 nitrogen and oxygen atoms in total. The van der Waals surface area contributed by atoms with E-state index in [0.29, 0.717) is 12.1 Å². The van der Waals surface area contributed by atoms with Gasteiger partial charge in [-0.2, -0.15) is 0 Å². The van der Waals surface area contributed by atoms with Crippen molar-refractivity contribution in [1.29, 1.82) is 0 Å². The molecule has 0 aliphatic heterocycles. The van der Waals surface area contributed by atoms with Gasteiger partial charge in [-0.25, -0.2) is 0 Å². The van der Waals surface area contributed by atoms with Gasteiger partial charge in [-0.05, 0) is 38.0 Å². The summed E-state index contributed by atoms with van der Waals surface area (Å²) in [5, 5.41) is 2.83. The number of amides is 1. The van der Waals surface area contributed by atoms with Crippen molar-refractivity contribution in [3.05, 3.63) is 59.4 Å². The summed E-state index contributed by atoms with van der Waals surface area (Å²) in [4.78, 5) is 16.4. The molecule has 1 aromatic heterocycles. The smallest absolute Gasteiger partial charge is 0.241 e. The summed E-state index contributed by atoms with van der Waals surface area (Å²) in [6.07, 6.45) is 0.519. The molecule has 0 saturated heterocycles. The number of rotatable bonds is 4. The molecule has 1 aromatic carbocycles. The van der Waals surface area contributed by atoms with Crippen LogP contribution in [0.5, 0.6) is 0 Å². The third-order valence-electron chi connectivity index (χ3n) is 3.12. The Bertz CT molecular complexity index is 596. The summed E-state index contributed by atoms with van der Waals surface area (Å²) in [5.74, 6) is -0.192. The fourth-order valence-electron chi connectivity index (χ4n) is 2.00. The second kappa shape index (κ2) is 6.30. The van der Waals surface area contributed by atoms with Gasteiger partial charge >= 0.3 is 0 Å². The molecule has 0 spiro atoms. The highest BCUT2D eigenvalue weighted by molar-refractivity contribution is 5.95. The van der Waals surface area contributed by atoms with Gasteiger partial charge in [-0.3, -0.25) is 9.78 Å². The van der Waals surface area contributed by atoms with E-state index in [9.17, 15) is 4.79 Å². The van der Waals surface area contributed by atoms with Crippen LogP contribution in [0.4, 0.5) is 5.69 Å². The molecular weight excluding hydrogens is 250 g/mol. The molecule has 0 radical (unpaired) electrons. The minimum Gasteiger partial charge on any atom is -0.323 e. The van der Waals surface area contributed by atoms with Gasteiger partial charge < -0.3 is 11.1 Å². The molecule has 0 saturated carbocycles. The Labute approximate surface area is 119 Å². The summed E-state index contributed by atoms with van der Waals surface area (Å²) in [6, 6.07) is 12.9. The second-order valence-corrected chi connectivity index (χ2v) is 4.87. The van der Waals surface area contributed by atoms with Crippen LogP contribution in [0.2, 0.25) is 0 Å². The van der Waals surface area contributed by atoms with E-state index in [4.69, 9.17) is 5.73 Å². The van der Waals surface area contributed by atoms with Crippen LogP contribution in [-0.4, -0.2) is 16.9 Å². The SMILES string of the molecule is Cc1ccc(NC(=O)[C@H](N)Cc2ccccc2)c(C)n1. The summed E-state index contributed by atoms with van der Waals surface area (Å²) < 4.78 is 0.